The molecule has 4 aromatic rings. The van der Waals surface area contributed by atoms with Crippen LogP contribution in [0.4, 0.5) is 11.5 Å². The van der Waals surface area contributed by atoms with E-state index in [1.54, 1.807) is 30.5 Å². The van der Waals surface area contributed by atoms with Crippen molar-refractivity contribution >= 4 is 32.6 Å². The van der Waals surface area contributed by atoms with Crippen LogP contribution in [0.2, 0.25) is 0 Å². The minimum absolute atomic E-state index is 0.182. The van der Waals surface area contributed by atoms with E-state index in [1.165, 1.54) is 24.7 Å². The van der Waals surface area contributed by atoms with Gasteiger partial charge in [-0.3, -0.25) is 9.71 Å². The van der Waals surface area contributed by atoms with Crippen molar-refractivity contribution in [3.63, 3.8) is 0 Å². The van der Waals surface area contributed by atoms with Crippen molar-refractivity contribution in [2.45, 2.75) is 4.90 Å². The van der Waals surface area contributed by atoms with Crippen molar-refractivity contribution < 1.29 is 13.2 Å². The van der Waals surface area contributed by atoms with Gasteiger partial charge in [0, 0.05) is 24.8 Å². The molecule has 1 aromatic carbocycles. The zero-order valence-electron chi connectivity index (χ0n) is 17.0. The molecule has 0 unspecified atom stereocenters. The van der Waals surface area contributed by atoms with Crippen LogP contribution in [0.1, 0.15) is 0 Å². The van der Waals surface area contributed by atoms with E-state index in [0.29, 0.717) is 35.7 Å². The quantitative estimate of drug-likeness (QED) is 0.496. The molecule has 1 aliphatic rings. The van der Waals surface area contributed by atoms with Crippen LogP contribution in [-0.2, 0) is 14.8 Å². The minimum atomic E-state index is -3.72. The maximum absolute atomic E-state index is 12.7. The first-order valence-electron chi connectivity index (χ1n) is 10.1. The number of fused-ring (bicyclic) bond motifs is 1. The van der Waals surface area contributed by atoms with Gasteiger partial charge < -0.3 is 9.64 Å². The molecule has 1 saturated heterocycles. The van der Waals surface area contributed by atoms with Crippen LogP contribution in [0.3, 0.4) is 0 Å². The molecule has 9 nitrogen and oxygen atoms in total. The number of nitrogens with one attached hydrogen (secondary N) is 1. The Morgan fingerprint density at radius 1 is 0.969 bits per heavy atom. The van der Waals surface area contributed by atoms with Gasteiger partial charge >= 0.3 is 0 Å². The van der Waals surface area contributed by atoms with Gasteiger partial charge in [0.15, 0.2) is 5.82 Å². The Bertz CT molecular complexity index is 1360. The van der Waals surface area contributed by atoms with Crippen molar-refractivity contribution in [3.05, 3.63) is 67.3 Å². The molecule has 5 rings (SSSR count). The second-order valence-electron chi connectivity index (χ2n) is 7.24. The first-order chi connectivity index (χ1) is 15.6. The number of ether oxygens (including phenoxy) is 1. The lowest BCUT2D eigenvalue weighted by atomic mass is 10.1. The van der Waals surface area contributed by atoms with E-state index in [0.717, 1.165) is 24.4 Å². The van der Waals surface area contributed by atoms with Gasteiger partial charge in [-0.25, -0.2) is 23.4 Å². The summed E-state index contributed by atoms with van der Waals surface area (Å²) in [6, 6.07) is 13.6. The van der Waals surface area contributed by atoms with Gasteiger partial charge in [-0.1, -0.05) is 18.2 Å². The van der Waals surface area contributed by atoms with Crippen LogP contribution < -0.4 is 9.62 Å². The van der Waals surface area contributed by atoms with Crippen LogP contribution >= 0.6 is 0 Å². The topological polar surface area (TPSA) is 110 Å². The molecule has 10 heteroatoms. The molecule has 0 saturated carbocycles. The predicted octanol–water partition coefficient (Wildman–Crippen LogP) is 2.72. The molecule has 32 heavy (non-hydrogen) atoms. The Balaban J connectivity index is 1.49. The summed E-state index contributed by atoms with van der Waals surface area (Å²) in [5.74, 6) is 0.758. The Hall–Kier alpha value is -3.63. The minimum Gasteiger partial charge on any atom is -0.378 e. The molecule has 1 aliphatic heterocycles. The van der Waals surface area contributed by atoms with Gasteiger partial charge in [-0.05, 0) is 30.3 Å². The second-order valence-corrected chi connectivity index (χ2v) is 8.92. The van der Waals surface area contributed by atoms with Gasteiger partial charge in [0.2, 0.25) is 0 Å². The molecule has 162 valence electrons. The molecule has 0 spiro atoms. The Labute approximate surface area is 185 Å². The number of benzene rings is 1. The van der Waals surface area contributed by atoms with E-state index in [-0.39, 0.29) is 4.90 Å². The third-order valence-electron chi connectivity index (χ3n) is 5.11. The highest BCUT2D eigenvalue weighted by molar-refractivity contribution is 7.92. The van der Waals surface area contributed by atoms with Crippen molar-refractivity contribution in [3.8, 4) is 11.3 Å². The van der Waals surface area contributed by atoms with E-state index in [9.17, 15) is 8.42 Å². The largest absolute Gasteiger partial charge is 0.378 e. The molecule has 0 aliphatic carbocycles. The van der Waals surface area contributed by atoms with Gasteiger partial charge in [-0.2, -0.15) is 0 Å². The molecular weight excluding hydrogens is 428 g/mol. The van der Waals surface area contributed by atoms with Crippen LogP contribution in [-0.4, -0.2) is 54.7 Å². The third kappa shape index (κ3) is 4.10. The number of pyridine rings is 2. The van der Waals surface area contributed by atoms with E-state index >= 15 is 0 Å². The molecule has 0 amide bonds. The number of anilines is 2. The highest BCUT2D eigenvalue weighted by Crippen LogP contribution is 2.27. The number of aromatic nitrogens is 4. The molecule has 1 fully saturated rings. The average molecular weight is 449 g/mol. The molecule has 4 heterocycles. The summed E-state index contributed by atoms with van der Waals surface area (Å²) < 4.78 is 33.3. The van der Waals surface area contributed by atoms with E-state index in [4.69, 9.17) is 9.72 Å². The molecule has 3 aromatic heterocycles. The van der Waals surface area contributed by atoms with Gasteiger partial charge in [0.05, 0.1) is 41.2 Å². The smallest absolute Gasteiger partial charge is 0.261 e. The fraction of sp³-hybridized carbons (Fsp3) is 0.182. The Kier molecular flexibility index (Phi) is 5.38. The average Bonchev–Trinajstić information content (AvgIpc) is 2.84. The SMILES string of the molecule is O=S(=O)(Nc1cncc(-c2ccc3ncnc(N4CCOCC4)c3n2)c1)c1ccccc1. The van der Waals surface area contributed by atoms with Crippen molar-refractivity contribution in [2.24, 2.45) is 0 Å². The summed E-state index contributed by atoms with van der Waals surface area (Å²) >= 11 is 0. The van der Waals surface area contributed by atoms with Crippen molar-refractivity contribution in [2.75, 3.05) is 35.9 Å². The van der Waals surface area contributed by atoms with Gasteiger partial charge in [0.1, 0.15) is 11.8 Å². The van der Waals surface area contributed by atoms with Gasteiger partial charge in [-0.15, -0.1) is 0 Å². The molecular formula is C22H20N6O3S. The fourth-order valence-electron chi connectivity index (χ4n) is 3.54. The molecule has 0 atom stereocenters. The summed E-state index contributed by atoms with van der Waals surface area (Å²) in [6.07, 6.45) is 4.65. The van der Waals surface area contributed by atoms with Crippen molar-refractivity contribution in [1.29, 1.82) is 0 Å². The molecule has 0 bridgehead atoms. The molecule has 0 radical (unpaired) electrons. The normalized spacial score (nSPS) is 14.4. The van der Waals surface area contributed by atoms with Crippen LogP contribution in [0.15, 0.2) is 72.1 Å². The number of rotatable bonds is 5. The predicted molar refractivity (Wildman–Crippen MR) is 121 cm³/mol. The lowest BCUT2D eigenvalue weighted by Crippen LogP contribution is -2.37. The number of hydrogen-bond acceptors (Lipinski definition) is 8. The number of sulfonamides is 1. The highest BCUT2D eigenvalue weighted by atomic mass is 32.2. The zero-order valence-corrected chi connectivity index (χ0v) is 17.9. The standard InChI is InChI=1S/C22H20N6O3S/c29-32(30,18-4-2-1-3-5-18)27-17-12-16(13-23-14-17)19-6-7-20-21(26-19)22(25-15-24-20)28-8-10-31-11-9-28/h1-7,12-15,27H,8-11H2. The first-order valence-corrected chi connectivity index (χ1v) is 11.6. The van der Waals surface area contributed by atoms with E-state index in [1.807, 2.05) is 12.1 Å². The number of morpholine rings is 1. The van der Waals surface area contributed by atoms with E-state index < -0.39 is 10.0 Å². The maximum atomic E-state index is 12.7. The van der Waals surface area contributed by atoms with Gasteiger partial charge in [0.25, 0.3) is 10.0 Å². The Morgan fingerprint density at radius 3 is 2.59 bits per heavy atom. The summed E-state index contributed by atoms with van der Waals surface area (Å²) in [4.78, 5) is 20.1. The monoisotopic (exact) mass is 448 g/mol. The maximum Gasteiger partial charge on any atom is 0.261 e. The summed E-state index contributed by atoms with van der Waals surface area (Å²) in [5, 5.41) is 0. The molecule has 1 N–H and O–H groups in total. The fourth-order valence-corrected chi connectivity index (χ4v) is 4.60. The highest BCUT2D eigenvalue weighted by Gasteiger charge is 2.18. The summed E-state index contributed by atoms with van der Waals surface area (Å²) in [5.41, 5.74) is 3.10. The number of nitrogens with zero attached hydrogens (tertiary/aromatic N) is 5. The van der Waals surface area contributed by atoms with Crippen molar-refractivity contribution in [1.82, 2.24) is 19.9 Å². The summed E-state index contributed by atoms with van der Waals surface area (Å²) in [6.45, 7) is 2.74. The second kappa shape index (κ2) is 8.48. The third-order valence-corrected chi connectivity index (χ3v) is 6.51. The zero-order chi connectivity index (χ0) is 22.0. The van der Waals surface area contributed by atoms with Crippen LogP contribution in [0.25, 0.3) is 22.3 Å². The summed E-state index contributed by atoms with van der Waals surface area (Å²) in [7, 11) is -3.72. The lowest BCUT2D eigenvalue weighted by Gasteiger charge is -2.28. The lowest BCUT2D eigenvalue weighted by molar-refractivity contribution is 0.122. The Morgan fingerprint density at radius 2 is 1.78 bits per heavy atom. The van der Waals surface area contributed by atoms with E-state index in [2.05, 4.69) is 24.6 Å². The van der Waals surface area contributed by atoms with Crippen LogP contribution in [0, 0.1) is 0 Å². The number of hydrogen-bond donors (Lipinski definition) is 1. The first kappa shape index (κ1) is 20.3. The van der Waals surface area contributed by atoms with Crippen LogP contribution in [0.5, 0.6) is 0 Å².